The summed E-state index contributed by atoms with van der Waals surface area (Å²) < 4.78 is 30.3. The van der Waals surface area contributed by atoms with Crippen molar-refractivity contribution < 1.29 is 23.4 Å². The molecule has 26 heavy (non-hydrogen) atoms. The molecular weight excluding hydrogens is 335 g/mol. The number of carbonyl (C=O) groups excluding carboxylic acids is 1. The molecule has 0 amide bonds. The van der Waals surface area contributed by atoms with Gasteiger partial charge in [-0.3, -0.25) is 4.79 Å². The minimum absolute atomic E-state index is 0.0887. The Kier molecular flexibility index (Phi) is 7.45. The molecule has 0 atom stereocenters. The molecule has 140 valence electrons. The highest BCUT2D eigenvalue weighted by atomic mass is 19.1. The normalized spacial score (nSPS) is 10.7. The van der Waals surface area contributed by atoms with Gasteiger partial charge in [-0.1, -0.05) is 18.2 Å². The van der Waals surface area contributed by atoms with E-state index < -0.39 is 5.82 Å². The molecule has 0 bridgehead atoms. The summed E-state index contributed by atoms with van der Waals surface area (Å²) in [6.45, 7) is 6.27. The van der Waals surface area contributed by atoms with Gasteiger partial charge in [0.15, 0.2) is 11.6 Å². The van der Waals surface area contributed by atoms with Crippen molar-refractivity contribution in [2.24, 2.45) is 0 Å². The molecule has 0 saturated carbocycles. The van der Waals surface area contributed by atoms with Crippen LogP contribution in [-0.4, -0.2) is 18.7 Å². The maximum atomic E-state index is 14.2. The molecule has 0 aliphatic carbocycles. The van der Waals surface area contributed by atoms with Crippen LogP contribution in [0.1, 0.15) is 38.3 Å². The van der Waals surface area contributed by atoms with Crippen molar-refractivity contribution in [1.29, 1.82) is 0 Å². The third-order valence-corrected chi connectivity index (χ3v) is 3.58. The molecule has 2 rings (SSSR count). The first-order chi connectivity index (χ1) is 12.5. The Morgan fingerprint density at radius 2 is 1.92 bits per heavy atom. The molecule has 2 aromatic rings. The smallest absolute Gasteiger partial charge is 0.306 e. The summed E-state index contributed by atoms with van der Waals surface area (Å²) in [7, 11) is 0. The van der Waals surface area contributed by atoms with Gasteiger partial charge in [0, 0.05) is 6.42 Å². The fourth-order valence-electron chi connectivity index (χ4n) is 2.44. The highest BCUT2D eigenvalue weighted by molar-refractivity contribution is 5.69. The van der Waals surface area contributed by atoms with Crippen LogP contribution < -0.4 is 9.47 Å². The SMILES string of the molecule is CCOC(=O)CCc1ccc(OCc2cccc(OC(C)C)c2)c(F)c1. The van der Waals surface area contributed by atoms with Gasteiger partial charge >= 0.3 is 5.97 Å². The summed E-state index contributed by atoms with van der Waals surface area (Å²) in [5.41, 5.74) is 1.63. The number of rotatable bonds is 9. The Balaban J connectivity index is 1.93. The lowest BCUT2D eigenvalue weighted by atomic mass is 10.1. The van der Waals surface area contributed by atoms with Gasteiger partial charge in [-0.15, -0.1) is 0 Å². The first kappa shape index (κ1) is 19.8. The number of aryl methyl sites for hydroxylation is 1. The van der Waals surface area contributed by atoms with Crippen molar-refractivity contribution in [3.63, 3.8) is 0 Å². The minimum Gasteiger partial charge on any atom is -0.491 e. The molecule has 0 aliphatic rings. The molecule has 0 spiro atoms. The number of halogens is 1. The lowest BCUT2D eigenvalue weighted by Gasteiger charge is -2.12. The van der Waals surface area contributed by atoms with Crippen molar-refractivity contribution in [3.05, 3.63) is 59.4 Å². The summed E-state index contributed by atoms with van der Waals surface area (Å²) in [4.78, 5) is 11.4. The summed E-state index contributed by atoms with van der Waals surface area (Å²) in [5.74, 6) is 0.216. The third-order valence-electron chi connectivity index (χ3n) is 3.58. The zero-order chi connectivity index (χ0) is 18.9. The number of hydrogen-bond donors (Lipinski definition) is 0. The molecule has 5 heteroatoms. The van der Waals surface area contributed by atoms with Crippen LogP contribution in [0.2, 0.25) is 0 Å². The van der Waals surface area contributed by atoms with Gasteiger partial charge < -0.3 is 14.2 Å². The first-order valence-electron chi connectivity index (χ1n) is 8.80. The van der Waals surface area contributed by atoms with Crippen LogP contribution in [0.15, 0.2) is 42.5 Å². The fraction of sp³-hybridized carbons (Fsp3) is 0.381. The first-order valence-corrected chi connectivity index (χ1v) is 8.80. The number of ether oxygens (including phenoxy) is 3. The Bertz CT molecular complexity index is 728. The van der Waals surface area contributed by atoms with E-state index in [1.807, 2.05) is 38.1 Å². The van der Waals surface area contributed by atoms with E-state index in [1.165, 1.54) is 6.07 Å². The molecule has 0 unspecified atom stereocenters. The zero-order valence-corrected chi connectivity index (χ0v) is 15.5. The summed E-state index contributed by atoms with van der Waals surface area (Å²) in [6, 6.07) is 12.3. The standard InChI is InChI=1S/C21H25FO4/c1-4-24-21(23)11-9-16-8-10-20(19(22)13-16)25-14-17-6-5-7-18(12-17)26-15(2)3/h5-8,10,12-13,15H,4,9,11,14H2,1-3H3. The Hall–Kier alpha value is -2.56. The molecule has 0 aliphatic heterocycles. The van der Waals surface area contributed by atoms with E-state index in [0.29, 0.717) is 13.0 Å². The Labute approximate surface area is 153 Å². The molecule has 0 saturated heterocycles. The maximum absolute atomic E-state index is 14.2. The zero-order valence-electron chi connectivity index (χ0n) is 15.5. The number of benzene rings is 2. The number of esters is 1. The highest BCUT2D eigenvalue weighted by Crippen LogP contribution is 2.22. The molecular formula is C21H25FO4. The van der Waals surface area contributed by atoms with Gasteiger partial charge in [0.2, 0.25) is 0 Å². The van der Waals surface area contributed by atoms with E-state index >= 15 is 0 Å². The molecule has 2 aromatic carbocycles. The minimum atomic E-state index is -0.444. The number of carbonyl (C=O) groups is 1. The Morgan fingerprint density at radius 3 is 2.62 bits per heavy atom. The molecule has 0 radical (unpaired) electrons. The second-order valence-corrected chi connectivity index (χ2v) is 6.17. The van der Waals surface area contributed by atoms with E-state index in [4.69, 9.17) is 14.2 Å². The average molecular weight is 360 g/mol. The summed E-state index contributed by atoms with van der Waals surface area (Å²) >= 11 is 0. The predicted molar refractivity (Wildman–Crippen MR) is 97.9 cm³/mol. The molecule has 0 N–H and O–H groups in total. The van der Waals surface area contributed by atoms with E-state index in [1.54, 1.807) is 19.1 Å². The molecule has 0 aromatic heterocycles. The van der Waals surface area contributed by atoms with E-state index in [9.17, 15) is 9.18 Å². The van der Waals surface area contributed by atoms with E-state index in [0.717, 1.165) is 16.9 Å². The second-order valence-electron chi connectivity index (χ2n) is 6.17. The van der Waals surface area contributed by atoms with Crippen LogP contribution in [0.3, 0.4) is 0 Å². The van der Waals surface area contributed by atoms with Crippen molar-refractivity contribution in [2.45, 2.75) is 46.3 Å². The van der Waals surface area contributed by atoms with Gasteiger partial charge in [-0.05, 0) is 62.6 Å². The predicted octanol–water partition coefficient (Wildman–Crippen LogP) is 4.69. The summed E-state index contributed by atoms with van der Waals surface area (Å²) in [5, 5.41) is 0. The van der Waals surface area contributed by atoms with Crippen molar-refractivity contribution in [2.75, 3.05) is 6.61 Å². The topological polar surface area (TPSA) is 44.8 Å². The average Bonchev–Trinajstić information content (AvgIpc) is 2.59. The molecule has 4 nitrogen and oxygen atoms in total. The van der Waals surface area contributed by atoms with Gasteiger partial charge in [-0.2, -0.15) is 0 Å². The van der Waals surface area contributed by atoms with Crippen LogP contribution in [0.5, 0.6) is 11.5 Å². The highest BCUT2D eigenvalue weighted by Gasteiger charge is 2.08. The monoisotopic (exact) mass is 360 g/mol. The largest absolute Gasteiger partial charge is 0.491 e. The van der Waals surface area contributed by atoms with Crippen LogP contribution in [0, 0.1) is 5.82 Å². The van der Waals surface area contributed by atoms with Crippen LogP contribution >= 0.6 is 0 Å². The van der Waals surface area contributed by atoms with E-state index in [-0.39, 0.29) is 30.9 Å². The third kappa shape index (κ3) is 6.39. The quantitative estimate of drug-likeness (QED) is 0.609. The van der Waals surface area contributed by atoms with Crippen molar-refractivity contribution in [1.82, 2.24) is 0 Å². The van der Waals surface area contributed by atoms with Gasteiger partial charge in [0.05, 0.1) is 12.7 Å². The van der Waals surface area contributed by atoms with Crippen LogP contribution in [0.4, 0.5) is 4.39 Å². The lowest BCUT2D eigenvalue weighted by Crippen LogP contribution is -2.06. The summed E-state index contributed by atoms with van der Waals surface area (Å²) in [6.07, 6.45) is 0.756. The van der Waals surface area contributed by atoms with Crippen LogP contribution in [-0.2, 0) is 22.6 Å². The van der Waals surface area contributed by atoms with Crippen LogP contribution in [0.25, 0.3) is 0 Å². The molecule has 0 heterocycles. The second kappa shape index (κ2) is 9.80. The fourth-order valence-corrected chi connectivity index (χ4v) is 2.44. The lowest BCUT2D eigenvalue weighted by molar-refractivity contribution is -0.143. The van der Waals surface area contributed by atoms with Crippen molar-refractivity contribution in [3.8, 4) is 11.5 Å². The van der Waals surface area contributed by atoms with Crippen molar-refractivity contribution >= 4 is 5.97 Å². The number of hydrogen-bond acceptors (Lipinski definition) is 4. The van der Waals surface area contributed by atoms with Gasteiger partial charge in [0.25, 0.3) is 0 Å². The van der Waals surface area contributed by atoms with Gasteiger partial charge in [0.1, 0.15) is 12.4 Å². The maximum Gasteiger partial charge on any atom is 0.306 e. The molecule has 0 fully saturated rings. The Morgan fingerprint density at radius 1 is 1.12 bits per heavy atom. The van der Waals surface area contributed by atoms with Gasteiger partial charge in [-0.25, -0.2) is 4.39 Å². The van der Waals surface area contributed by atoms with E-state index in [2.05, 4.69) is 0 Å².